The summed E-state index contributed by atoms with van der Waals surface area (Å²) in [7, 11) is 0. The summed E-state index contributed by atoms with van der Waals surface area (Å²) in [5.74, 6) is -0.165. The summed E-state index contributed by atoms with van der Waals surface area (Å²) in [5, 5.41) is 9.63. The monoisotopic (exact) mass is 275 g/mol. The van der Waals surface area contributed by atoms with Gasteiger partial charge in [0.1, 0.15) is 0 Å². The predicted molar refractivity (Wildman–Crippen MR) is 70.9 cm³/mol. The molecule has 0 radical (unpaired) electrons. The van der Waals surface area contributed by atoms with Crippen LogP contribution in [-0.2, 0) is 6.42 Å². The van der Waals surface area contributed by atoms with Gasteiger partial charge < -0.3 is 10.0 Å². The van der Waals surface area contributed by atoms with E-state index >= 15 is 0 Å². The van der Waals surface area contributed by atoms with Gasteiger partial charge in [-0.15, -0.1) is 0 Å². The summed E-state index contributed by atoms with van der Waals surface area (Å²) in [4.78, 5) is 14.0. The van der Waals surface area contributed by atoms with E-state index in [4.69, 9.17) is 0 Å². The van der Waals surface area contributed by atoms with Gasteiger partial charge in [-0.05, 0) is 17.5 Å². The Morgan fingerprint density at radius 1 is 1.47 bits per heavy atom. The highest BCUT2D eigenvalue weighted by Crippen LogP contribution is 2.30. The van der Waals surface area contributed by atoms with E-state index in [9.17, 15) is 9.90 Å². The molecule has 6 heteroatoms. The summed E-state index contributed by atoms with van der Waals surface area (Å²) < 4.78 is 7.83. The maximum absolute atomic E-state index is 12.4. The lowest BCUT2D eigenvalue weighted by Gasteiger charge is -2.35. The van der Waals surface area contributed by atoms with Gasteiger partial charge in [-0.2, -0.15) is 8.75 Å². The normalized spacial score (nSPS) is 18.2. The highest BCUT2D eigenvalue weighted by molar-refractivity contribution is 6.99. The van der Waals surface area contributed by atoms with Crippen LogP contribution in [0.25, 0.3) is 0 Å². The third-order valence-corrected chi connectivity index (χ3v) is 3.90. The van der Waals surface area contributed by atoms with Crippen molar-refractivity contribution in [2.24, 2.45) is 0 Å². The minimum atomic E-state index is -0.292. The minimum Gasteiger partial charge on any atom is -0.394 e. The summed E-state index contributed by atoms with van der Waals surface area (Å²) in [6, 6.07) is 7.63. The number of hydrogen-bond acceptors (Lipinski definition) is 5. The van der Waals surface area contributed by atoms with Crippen LogP contribution in [0.5, 0.6) is 0 Å². The fourth-order valence-electron chi connectivity index (χ4n) is 2.50. The third kappa shape index (κ3) is 2.13. The van der Waals surface area contributed by atoms with Crippen LogP contribution in [0.3, 0.4) is 0 Å². The first-order chi connectivity index (χ1) is 9.31. The number of aliphatic hydroxyl groups is 1. The minimum absolute atomic E-state index is 0.0830. The molecule has 0 bridgehead atoms. The second-order valence-electron chi connectivity index (χ2n) is 4.44. The van der Waals surface area contributed by atoms with Gasteiger partial charge in [0.25, 0.3) is 5.91 Å². The Hall–Kier alpha value is -1.79. The largest absolute Gasteiger partial charge is 0.394 e. The highest BCUT2D eigenvalue weighted by Gasteiger charge is 2.31. The number of benzene rings is 1. The number of carbonyl (C=O) groups is 1. The Balaban J connectivity index is 1.94. The van der Waals surface area contributed by atoms with Crippen molar-refractivity contribution < 1.29 is 9.90 Å². The van der Waals surface area contributed by atoms with E-state index < -0.39 is 0 Å². The van der Waals surface area contributed by atoms with Gasteiger partial charge in [0.2, 0.25) is 0 Å². The molecule has 98 valence electrons. The topological polar surface area (TPSA) is 66.3 Å². The molecule has 1 aromatic carbocycles. The molecule has 2 aromatic rings. The quantitative estimate of drug-likeness (QED) is 0.896. The number of hydrogen-bond donors (Lipinski definition) is 1. The molecule has 19 heavy (non-hydrogen) atoms. The van der Waals surface area contributed by atoms with Crippen molar-refractivity contribution in [3.05, 3.63) is 47.3 Å². The Kier molecular flexibility index (Phi) is 3.27. The molecule has 0 spiro atoms. The zero-order valence-corrected chi connectivity index (χ0v) is 11.0. The Morgan fingerprint density at radius 3 is 3.05 bits per heavy atom. The summed E-state index contributed by atoms with van der Waals surface area (Å²) in [5.41, 5.74) is 2.57. The second-order valence-corrected chi connectivity index (χ2v) is 5.00. The second kappa shape index (κ2) is 5.07. The van der Waals surface area contributed by atoms with Crippen molar-refractivity contribution in [3.8, 4) is 0 Å². The van der Waals surface area contributed by atoms with Crippen molar-refractivity contribution in [1.82, 2.24) is 13.6 Å². The van der Waals surface area contributed by atoms with E-state index in [0.717, 1.165) is 23.7 Å². The number of aromatic nitrogens is 2. The summed E-state index contributed by atoms with van der Waals surface area (Å²) >= 11 is 1.02. The standard InChI is InChI=1S/C13H13N3O2S/c17-8-12-10-4-2-1-3-9(10)5-6-16(12)13(18)11-7-14-19-15-11/h1-4,7,12,17H,5-6,8H2/t12-/m1/s1. The fourth-order valence-corrected chi connectivity index (χ4v) is 2.90. The molecule has 2 heterocycles. The average Bonchev–Trinajstić information content (AvgIpc) is 2.99. The molecule has 3 rings (SSSR count). The van der Waals surface area contributed by atoms with Crippen molar-refractivity contribution in [1.29, 1.82) is 0 Å². The van der Waals surface area contributed by atoms with E-state index in [1.165, 1.54) is 11.8 Å². The van der Waals surface area contributed by atoms with E-state index in [2.05, 4.69) is 8.75 Å². The SMILES string of the molecule is O=C(c1cnsn1)N1CCc2ccccc2[C@H]1CO. The molecule has 0 saturated carbocycles. The first kappa shape index (κ1) is 12.3. The third-order valence-electron chi connectivity index (χ3n) is 3.43. The van der Waals surface area contributed by atoms with Crippen molar-refractivity contribution >= 4 is 17.6 Å². The lowest BCUT2D eigenvalue weighted by molar-refractivity contribution is 0.0564. The summed E-state index contributed by atoms with van der Waals surface area (Å²) in [6.07, 6.45) is 2.28. The zero-order valence-electron chi connectivity index (χ0n) is 10.2. The average molecular weight is 275 g/mol. The number of aliphatic hydroxyl groups excluding tert-OH is 1. The van der Waals surface area contributed by atoms with Gasteiger partial charge >= 0.3 is 0 Å². The van der Waals surface area contributed by atoms with E-state index in [0.29, 0.717) is 12.2 Å². The van der Waals surface area contributed by atoms with Crippen molar-refractivity contribution in [2.75, 3.05) is 13.2 Å². The smallest absolute Gasteiger partial charge is 0.275 e. The van der Waals surface area contributed by atoms with Crippen LogP contribution < -0.4 is 0 Å². The fraction of sp³-hybridized carbons (Fsp3) is 0.308. The molecule has 1 atom stereocenters. The van der Waals surface area contributed by atoms with Gasteiger partial charge in [-0.1, -0.05) is 24.3 Å². The molecular weight excluding hydrogens is 262 g/mol. The van der Waals surface area contributed by atoms with E-state index in [1.54, 1.807) is 4.90 Å². The highest BCUT2D eigenvalue weighted by atomic mass is 32.1. The maximum Gasteiger partial charge on any atom is 0.275 e. The molecular formula is C13H13N3O2S. The lowest BCUT2D eigenvalue weighted by Crippen LogP contribution is -2.41. The van der Waals surface area contributed by atoms with Crippen LogP contribution in [0, 0.1) is 0 Å². The van der Waals surface area contributed by atoms with Gasteiger partial charge in [-0.3, -0.25) is 4.79 Å². The van der Waals surface area contributed by atoms with Crippen LogP contribution in [-0.4, -0.2) is 37.8 Å². The van der Waals surface area contributed by atoms with Gasteiger partial charge in [0, 0.05) is 6.54 Å². The molecule has 1 aliphatic rings. The predicted octanol–water partition coefficient (Wildman–Crippen LogP) is 1.27. The van der Waals surface area contributed by atoms with Crippen molar-refractivity contribution in [3.63, 3.8) is 0 Å². The maximum atomic E-state index is 12.4. The molecule has 1 N–H and O–H groups in total. The van der Waals surface area contributed by atoms with Crippen molar-refractivity contribution in [2.45, 2.75) is 12.5 Å². The van der Waals surface area contributed by atoms with Crippen LogP contribution in [0.2, 0.25) is 0 Å². The molecule has 0 unspecified atom stereocenters. The Labute approximate surface area is 114 Å². The van der Waals surface area contributed by atoms with E-state index in [1.807, 2.05) is 24.3 Å². The van der Waals surface area contributed by atoms with Gasteiger partial charge in [-0.25, -0.2) is 0 Å². The first-order valence-electron chi connectivity index (χ1n) is 6.08. The number of fused-ring (bicyclic) bond motifs is 1. The Morgan fingerprint density at radius 2 is 2.32 bits per heavy atom. The van der Waals surface area contributed by atoms with Gasteiger partial charge in [0.15, 0.2) is 5.69 Å². The number of rotatable bonds is 2. The van der Waals surface area contributed by atoms with Crippen LogP contribution in [0.15, 0.2) is 30.5 Å². The van der Waals surface area contributed by atoms with Gasteiger partial charge in [0.05, 0.1) is 30.6 Å². The lowest BCUT2D eigenvalue weighted by atomic mass is 9.93. The first-order valence-corrected chi connectivity index (χ1v) is 6.81. The summed E-state index contributed by atoms with van der Waals surface area (Å²) in [6.45, 7) is 0.513. The zero-order chi connectivity index (χ0) is 13.2. The van der Waals surface area contributed by atoms with Crippen LogP contribution in [0.1, 0.15) is 27.7 Å². The number of nitrogens with zero attached hydrogens (tertiary/aromatic N) is 3. The molecule has 0 fully saturated rings. The molecule has 5 nitrogen and oxygen atoms in total. The van der Waals surface area contributed by atoms with Crippen LogP contribution in [0.4, 0.5) is 0 Å². The molecule has 0 aliphatic carbocycles. The molecule has 1 aliphatic heterocycles. The molecule has 1 amide bonds. The Bertz CT molecular complexity index is 585. The molecule has 1 aromatic heterocycles. The molecule has 0 saturated heterocycles. The van der Waals surface area contributed by atoms with E-state index in [-0.39, 0.29) is 18.6 Å². The van der Waals surface area contributed by atoms with Crippen LogP contribution >= 0.6 is 11.7 Å². The number of amides is 1. The number of carbonyl (C=O) groups excluding carboxylic acids is 1.